The number of nitrogens with zero attached hydrogens (tertiary/aromatic N) is 3. The topological polar surface area (TPSA) is 42.9 Å². The van der Waals surface area contributed by atoms with Crippen LogP contribution in [0.3, 0.4) is 0 Å². The Morgan fingerprint density at radius 3 is 2.50 bits per heavy atom. The zero-order valence-electron chi connectivity index (χ0n) is 16.2. The van der Waals surface area contributed by atoms with Crippen molar-refractivity contribution in [2.24, 2.45) is 16.8 Å². The number of halogens is 1. The molecule has 3 unspecified atom stereocenters. The summed E-state index contributed by atoms with van der Waals surface area (Å²) in [5.41, 5.74) is 0. The average molecular weight is 451 g/mol. The third-order valence-corrected chi connectivity index (χ3v) is 5.36. The van der Waals surface area contributed by atoms with Crippen molar-refractivity contribution >= 4 is 29.9 Å². The molecule has 0 aromatic heterocycles. The molecule has 0 radical (unpaired) electrons. The molecule has 0 saturated carbocycles. The summed E-state index contributed by atoms with van der Waals surface area (Å²) in [5.74, 6) is 2.40. The number of rotatable bonds is 6. The van der Waals surface area contributed by atoms with Crippen molar-refractivity contribution in [1.82, 2.24) is 20.4 Å². The van der Waals surface area contributed by atoms with Gasteiger partial charge in [0.15, 0.2) is 5.96 Å². The molecule has 0 aromatic rings. The predicted octanol–water partition coefficient (Wildman–Crippen LogP) is 2.23. The summed E-state index contributed by atoms with van der Waals surface area (Å²) in [6.07, 6.45) is 1.29. The molecule has 142 valence electrons. The summed E-state index contributed by atoms with van der Waals surface area (Å²) in [5, 5.41) is 7.11. The molecule has 5 nitrogen and oxygen atoms in total. The molecule has 6 heteroatoms. The van der Waals surface area contributed by atoms with Crippen molar-refractivity contribution < 1.29 is 0 Å². The molecular weight excluding hydrogens is 413 g/mol. The van der Waals surface area contributed by atoms with E-state index in [0.717, 1.165) is 31.5 Å². The first-order valence-corrected chi connectivity index (χ1v) is 9.54. The maximum absolute atomic E-state index is 4.88. The van der Waals surface area contributed by atoms with E-state index in [9.17, 15) is 0 Å². The lowest BCUT2D eigenvalue weighted by Gasteiger charge is -2.22. The lowest BCUT2D eigenvalue weighted by molar-refractivity contribution is 0.265. The Morgan fingerprint density at radius 1 is 1.21 bits per heavy atom. The molecule has 2 rings (SSSR count). The number of hydrogen-bond donors (Lipinski definition) is 2. The summed E-state index contributed by atoms with van der Waals surface area (Å²) in [7, 11) is 0. The molecule has 0 spiro atoms. The van der Waals surface area contributed by atoms with Gasteiger partial charge in [0, 0.05) is 44.8 Å². The van der Waals surface area contributed by atoms with E-state index in [1.54, 1.807) is 0 Å². The Bertz CT molecular complexity index is 388. The number of likely N-dealkylation sites (tertiary alicyclic amines) is 2. The summed E-state index contributed by atoms with van der Waals surface area (Å²) < 4.78 is 0. The normalized spacial score (nSPS) is 29.1. The van der Waals surface area contributed by atoms with Crippen LogP contribution in [0.5, 0.6) is 0 Å². The molecular formula is C18H38IN5. The van der Waals surface area contributed by atoms with Crippen LogP contribution in [-0.4, -0.2) is 73.7 Å². The number of nitrogens with one attached hydrogen (secondary N) is 2. The quantitative estimate of drug-likeness (QED) is 0.369. The van der Waals surface area contributed by atoms with Crippen molar-refractivity contribution in [2.75, 3.05) is 45.8 Å². The molecule has 0 aromatic carbocycles. The van der Waals surface area contributed by atoms with Crippen molar-refractivity contribution in [3.05, 3.63) is 0 Å². The molecule has 2 heterocycles. The Kier molecular flexibility index (Phi) is 9.89. The molecule has 24 heavy (non-hydrogen) atoms. The standard InChI is InChI=1S/C18H37N5.HI/c1-6-19-18(20-10-16-8-9-22(7-2)12-16)21-17-13-23(14(3)4)11-15(17)5;/h14-17H,6-13H2,1-5H3,(H2,19,20,21);1H. The molecule has 0 amide bonds. The lowest BCUT2D eigenvalue weighted by Crippen LogP contribution is -2.47. The second-order valence-corrected chi connectivity index (χ2v) is 7.54. The van der Waals surface area contributed by atoms with E-state index in [2.05, 4.69) is 55.1 Å². The van der Waals surface area contributed by atoms with Crippen LogP contribution in [0.25, 0.3) is 0 Å². The zero-order valence-corrected chi connectivity index (χ0v) is 18.5. The Balaban J connectivity index is 0.00000288. The van der Waals surface area contributed by atoms with E-state index in [4.69, 9.17) is 4.99 Å². The van der Waals surface area contributed by atoms with Crippen molar-refractivity contribution in [2.45, 2.75) is 53.1 Å². The number of aliphatic imine (C=N–C) groups is 1. The van der Waals surface area contributed by atoms with Crippen LogP contribution in [0.4, 0.5) is 0 Å². The van der Waals surface area contributed by atoms with Gasteiger partial charge in [0.25, 0.3) is 0 Å². The van der Waals surface area contributed by atoms with Crippen LogP contribution < -0.4 is 10.6 Å². The van der Waals surface area contributed by atoms with Gasteiger partial charge in [-0.3, -0.25) is 9.89 Å². The highest BCUT2D eigenvalue weighted by atomic mass is 127. The first-order valence-electron chi connectivity index (χ1n) is 9.54. The fourth-order valence-corrected chi connectivity index (χ4v) is 3.68. The van der Waals surface area contributed by atoms with Crippen molar-refractivity contribution in [3.63, 3.8) is 0 Å². The molecule has 0 aliphatic carbocycles. The number of hydrogen-bond acceptors (Lipinski definition) is 3. The summed E-state index contributed by atoms with van der Waals surface area (Å²) >= 11 is 0. The molecule has 3 atom stereocenters. The van der Waals surface area contributed by atoms with Crippen LogP contribution >= 0.6 is 24.0 Å². The maximum Gasteiger partial charge on any atom is 0.191 e. The minimum absolute atomic E-state index is 0. The van der Waals surface area contributed by atoms with Crippen LogP contribution in [0.2, 0.25) is 0 Å². The first kappa shape index (κ1) is 22.0. The van der Waals surface area contributed by atoms with Gasteiger partial charge in [0.2, 0.25) is 0 Å². The van der Waals surface area contributed by atoms with Gasteiger partial charge in [0.05, 0.1) is 0 Å². The second-order valence-electron chi connectivity index (χ2n) is 7.54. The highest BCUT2D eigenvalue weighted by Crippen LogP contribution is 2.19. The summed E-state index contributed by atoms with van der Waals surface area (Å²) in [4.78, 5) is 9.97. The van der Waals surface area contributed by atoms with Gasteiger partial charge in [-0.1, -0.05) is 13.8 Å². The SMILES string of the molecule is CCNC(=NCC1CCN(CC)C1)NC1CN(C(C)C)CC1C.I. The lowest BCUT2D eigenvalue weighted by atomic mass is 10.1. The molecule has 2 aliphatic rings. The first-order chi connectivity index (χ1) is 11.0. The van der Waals surface area contributed by atoms with Gasteiger partial charge in [0.1, 0.15) is 0 Å². The van der Waals surface area contributed by atoms with E-state index in [0.29, 0.717) is 18.0 Å². The van der Waals surface area contributed by atoms with Gasteiger partial charge in [-0.2, -0.15) is 0 Å². The van der Waals surface area contributed by atoms with Gasteiger partial charge in [-0.05, 0) is 52.1 Å². The van der Waals surface area contributed by atoms with E-state index in [1.165, 1.54) is 32.6 Å². The molecule has 2 saturated heterocycles. The third kappa shape index (κ3) is 6.33. The Hall–Kier alpha value is -0.0800. The Labute approximate surface area is 166 Å². The van der Waals surface area contributed by atoms with Crippen molar-refractivity contribution in [3.8, 4) is 0 Å². The average Bonchev–Trinajstić information content (AvgIpc) is 3.12. The largest absolute Gasteiger partial charge is 0.357 e. The van der Waals surface area contributed by atoms with E-state index < -0.39 is 0 Å². The van der Waals surface area contributed by atoms with Crippen molar-refractivity contribution in [1.29, 1.82) is 0 Å². The predicted molar refractivity (Wildman–Crippen MR) is 114 cm³/mol. The third-order valence-electron chi connectivity index (χ3n) is 5.36. The Morgan fingerprint density at radius 2 is 1.96 bits per heavy atom. The summed E-state index contributed by atoms with van der Waals surface area (Å²) in [6.45, 7) is 19.1. The highest BCUT2D eigenvalue weighted by molar-refractivity contribution is 14.0. The van der Waals surface area contributed by atoms with E-state index in [1.807, 2.05) is 0 Å². The molecule has 2 fully saturated rings. The minimum Gasteiger partial charge on any atom is -0.357 e. The molecule has 2 N–H and O–H groups in total. The summed E-state index contributed by atoms with van der Waals surface area (Å²) in [6, 6.07) is 1.13. The smallest absolute Gasteiger partial charge is 0.191 e. The fraction of sp³-hybridized carbons (Fsp3) is 0.944. The zero-order chi connectivity index (χ0) is 16.8. The van der Waals surface area contributed by atoms with E-state index >= 15 is 0 Å². The van der Waals surface area contributed by atoms with Crippen LogP contribution in [-0.2, 0) is 0 Å². The van der Waals surface area contributed by atoms with Gasteiger partial charge < -0.3 is 15.5 Å². The monoisotopic (exact) mass is 451 g/mol. The van der Waals surface area contributed by atoms with Gasteiger partial charge >= 0.3 is 0 Å². The molecule has 0 bridgehead atoms. The van der Waals surface area contributed by atoms with Crippen LogP contribution in [0.1, 0.15) is 41.0 Å². The fourth-order valence-electron chi connectivity index (χ4n) is 3.68. The van der Waals surface area contributed by atoms with Crippen LogP contribution in [0, 0.1) is 11.8 Å². The second kappa shape index (κ2) is 10.8. The maximum atomic E-state index is 4.88. The molecule has 2 aliphatic heterocycles. The van der Waals surface area contributed by atoms with Crippen LogP contribution in [0.15, 0.2) is 4.99 Å². The minimum atomic E-state index is 0. The van der Waals surface area contributed by atoms with E-state index in [-0.39, 0.29) is 24.0 Å². The highest BCUT2D eigenvalue weighted by Gasteiger charge is 2.31. The number of guanidine groups is 1. The van der Waals surface area contributed by atoms with Gasteiger partial charge in [-0.25, -0.2) is 0 Å². The van der Waals surface area contributed by atoms with Gasteiger partial charge in [-0.15, -0.1) is 24.0 Å².